The predicted molar refractivity (Wildman–Crippen MR) is 98.6 cm³/mol. The Labute approximate surface area is 154 Å². The molecule has 1 aromatic carbocycles. The van der Waals surface area contributed by atoms with Crippen LogP contribution in [0.4, 0.5) is 9.18 Å². The van der Waals surface area contributed by atoms with Gasteiger partial charge in [-0.15, -0.1) is 0 Å². The van der Waals surface area contributed by atoms with Crippen LogP contribution in [0.15, 0.2) is 23.2 Å². The van der Waals surface area contributed by atoms with E-state index in [0.29, 0.717) is 31.7 Å². The standard InChI is InChI=1S/C19H27FN4O2/c1-13-9-14(5-6-16(13)20)10-21-17-22-11-15-12-23(7-8-24(15)17)18(25)26-19(2,3)4/h5-6,9,15H,7-8,10-12H2,1-4H3,(H,21,22). The molecule has 142 valence electrons. The molecule has 1 atom stereocenters. The van der Waals surface area contributed by atoms with Crippen molar-refractivity contribution in [3.63, 3.8) is 0 Å². The fraction of sp³-hybridized carbons (Fsp3) is 0.579. The average Bonchev–Trinajstić information content (AvgIpc) is 2.96. The summed E-state index contributed by atoms with van der Waals surface area (Å²) in [6, 6.07) is 5.29. The van der Waals surface area contributed by atoms with Gasteiger partial charge in [-0.3, -0.25) is 4.99 Å². The lowest BCUT2D eigenvalue weighted by Gasteiger charge is -2.39. The zero-order valence-electron chi connectivity index (χ0n) is 15.9. The van der Waals surface area contributed by atoms with Crippen LogP contribution in [0.25, 0.3) is 0 Å². The van der Waals surface area contributed by atoms with E-state index in [1.807, 2.05) is 26.8 Å². The van der Waals surface area contributed by atoms with Gasteiger partial charge in [-0.2, -0.15) is 0 Å². The number of amides is 1. The maximum atomic E-state index is 13.4. The Morgan fingerprint density at radius 2 is 2.15 bits per heavy atom. The summed E-state index contributed by atoms with van der Waals surface area (Å²) in [6.07, 6.45) is -0.264. The van der Waals surface area contributed by atoms with E-state index in [1.165, 1.54) is 6.07 Å². The minimum Gasteiger partial charge on any atom is -0.444 e. The smallest absolute Gasteiger partial charge is 0.410 e. The number of carbonyl (C=O) groups is 1. The highest BCUT2D eigenvalue weighted by atomic mass is 19.1. The molecule has 2 aliphatic heterocycles. The van der Waals surface area contributed by atoms with E-state index in [9.17, 15) is 9.18 Å². The number of nitrogens with one attached hydrogen (secondary N) is 1. The van der Waals surface area contributed by atoms with Gasteiger partial charge in [-0.25, -0.2) is 9.18 Å². The number of nitrogens with zero attached hydrogens (tertiary/aromatic N) is 3. The maximum absolute atomic E-state index is 13.4. The molecular formula is C19H27FN4O2. The van der Waals surface area contributed by atoms with Crippen LogP contribution in [0.1, 0.15) is 31.9 Å². The molecule has 6 nitrogen and oxygen atoms in total. The van der Waals surface area contributed by atoms with Crippen LogP contribution in [0.2, 0.25) is 0 Å². The molecule has 2 heterocycles. The van der Waals surface area contributed by atoms with E-state index >= 15 is 0 Å². The van der Waals surface area contributed by atoms with E-state index < -0.39 is 5.60 Å². The normalized spacial score (nSPS) is 19.9. The summed E-state index contributed by atoms with van der Waals surface area (Å²) in [6.45, 7) is 10.6. The number of guanidine groups is 1. The first kappa shape index (κ1) is 18.5. The highest BCUT2D eigenvalue weighted by Crippen LogP contribution is 2.19. The van der Waals surface area contributed by atoms with Crippen LogP contribution < -0.4 is 5.32 Å². The van der Waals surface area contributed by atoms with Crippen LogP contribution in [0.5, 0.6) is 0 Å². The number of ether oxygens (including phenoxy) is 1. The van der Waals surface area contributed by atoms with Gasteiger partial charge >= 0.3 is 6.09 Å². The summed E-state index contributed by atoms with van der Waals surface area (Å²) in [4.78, 5) is 20.8. The molecule has 1 unspecified atom stereocenters. The van der Waals surface area contributed by atoms with Gasteiger partial charge in [0.05, 0.1) is 12.6 Å². The van der Waals surface area contributed by atoms with Crippen molar-refractivity contribution in [1.29, 1.82) is 0 Å². The largest absolute Gasteiger partial charge is 0.444 e. The minimum atomic E-state index is -0.486. The lowest BCUT2D eigenvalue weighted by Crippen LogP contribution is -2.57. The Balaban J connectivity index is 1.53. The number of hydrogen-bond donors (Lipinski definition) is 1. The molecule has 0 aliphatic carbocycles. The lowest BCUT2D eigenvalue weighted by molar-refractivity contribution is 0.0137. The highest BCUT2D eigenvalue weighted by molar-refractivity contribution is 5.82. The molecule has 1 fully saturated rings. The SMILES string of the molecule is Cc1cc(CNC2=NCC3CN(C(=O)OC(C)(C)C)CCN23)ccc1F. The molecule has 1 N–H and O–H groups in total. The van der Waals surface area contributed by atoms with E-state index in [1.54, 1.807) is 17.9 Å². The predicted octanol–water partition coefficient (Wildman–Crippen LogP) is 2.51. The second kappa shape index (κ2) is 7.13. The number of carbonyl (C=O) groups excluding carboxylic acids is 1. The number of fused-ring (bicyclic) bond motifs is 1. The van der Waals surface area contributed by atoms with Crippen molar-refractivity contribution >= 4 is 12.1 Å². The molecule has 0 bridgehead atoms. The molecule has 0 saturated carbocycles. The fourth-order valence-electron chi connectivity index (χ4n) is 3.22. The fourth-order valence-corrected chi connectivity index (χ4v) is 3.22. The van der Waals surface area contributed by atoms with Crippen molar-refractivity contribution < 1.29 is 13.9 Å². The quantitative estimate of drug-likeness (QED) is 0.878. The molecule has 0 radical (unpaired) electrons. The van der Waals surface area contributed by atoms with Crippen LogP contribution in [-0.4, -0.2) is 59.7 Å². The van der Waals surface area contributed by atoms with E-state index in [4.69, 9.17) is 4.74 Å². The third-order valence-corrected chi connectivity index (χ3v) is 4.53. The van der Waals surface area contributed by atoms with Gasteiger partial charge in [0.25, 0.3) is 0 Å². The topological polar surface area (TPSA) is 57.2 Å². The summed E-state index contributed by atoms with van der Waals surface area (Å²) in [5.41, 5.74) is 1.17. The molecule has 0 aromatic heterocycles. The van der Waals surface area contributed by atoms with Crippen molar-refractivity contribution in [3.05, 3.63) is 35.1 Å². The zero-order valence-corrected chi connectivity index (χ0v) is 15.9. The first-order valence-corrected chi connectivity index (χ1v) is 9.01. The van der Waals surface area contributed by atoms with Gasteiger partial charge in [0.15, 0.2) is 5.96 Å². The van der Waals surface area contributed by atoms with Crippen LogP contribution in [0, 0.1) is 12.7 Å². The van der Waals surface area contributed by atoms with Crippen LogP contribution >= 0.6 is 0 Å². The average molecular weight is 362 g/mol. The van der Waals surface area contributed by atoms with Crippen LogP contribution in [0.3, 0.4) is 0 Å². The first-order chi connectivity index (χ1) is 12.2. The van der Waals surface area contributed by atoms with Crippen LogP contribution in [-0.2, 0) is 11.3 Å². The molecule has 1 saturated heterocycles. The molecule has 2 aliphatic rings. The second-order valence-electron chi connectivity index (χ2n) is 7.87. The summed E-state index contributed by atoms with van der Waals surface area (Å²) in [5.74, 6) is 0.658. The van der Waals surface area contributed by atoms with E-state index in [-0.39, 0.29) is 18.0 Å². The Morgan fingerprint density at radius 3 is 2.85 bits per heavy atom. The van der Waals surface area contributed by atoms with Crippen molar-refractivity contribution in [2.24, 2.45) is 4.99 Å². The lowest BCUT2D eigenvalue weighted by atomic mass is 10.1. The Hall–Kier alpha value is -2.31. The van der Waals surface area contributed by atoms with Crippen molar-refractivity contribution in [1.82, 2.24) is 15.1 Å². The van der Waals surface area contributed by atoms with Gasteiger partial charge in [0.1, 0.15) is 11.4 Å². The number of hydrogen-bond acceptors (Lipinski definition) is 5. The first-order valence-electron chi connectivity index (χ1n) is 9.01. The number of aliphatic imine (C=N–C) groups is 1. The molecular weight excluding hydrogens is 335 g/mol. The second-order valence-corrected chi connectivity index (χ2v) is 7.87. The third-order valence-electron chi connectivity index (χ3n) is 4.53. The molecule has 26 heavy (non-hydrogen) atoms. The van der Waals surface area contributed by atoms with Gasteiger partial charge in [-0.1, -0.05) is 12.1 Å². The number of piperazine rings is 1. The van der Waals surface area contributed by atoms with Gasteiger partial charge < -0.3 is 19.9 Å². The van der Waals surface area contributed by atoms with E-state index in [2.05, 4.69) is 15.2 Å². The van der Waals surface area contributed by atoms with Crippen molar-refractivity contribution in [3.8, 4) is 0 Å². The molecule has 7 heteroatoms. The number of aryl methyl sites for hydroxylation is 1. The minimum absolute atomic E-state index is 0.175. The van der Waals surface area contributed by atoms with Crippen molar-refractivity contribution in [2.45, 2.75) is 45.9 Å². The zero-order chi connectivity index (χ0) is 18.9. The van der Waals surface area contributed by atoms with Gasteiger partial charge in [0.2, 0.25) is 0 Å². The van der Waals surface area contributed by atoms with E-state index in [0.717, 1.165) is 18.1 Å². The molecule has 3 rings (SSSR count). The summed E-state index contributed by atoms with van der Waals surface area (Å²) in [7, 11) is 0. The van der Waals surface area contributed by atoms with Gasteiger partial charge in [0, 0.05) is 26.2 Å². The van der Waals surface area contributed by atoms with Crippen molar-refractivity contribution in [2.75, 3.05) is 26.2 Å². The number of rotatable bonds is 2. The Morgan fingerprint density at radius 1 is 1.38 bits per heavy atom. The summed E-state index contributed by atoms with van der Waals surface area (Å²) in [5, 5.41) is 3.34. The molecule has 1 aromatic rings. The monoisotopic (exact) mass is 362 g/mol. The molecule has 1 amide bonds. The number of halogens is 1. The molecule has 0 spiro atoms. The highest BCUT2D eigenvalue weighted by Gasteiger charge is 2.36. The summed E-state index contributed by atoms with van der Waals surface area (Å²) < 4.78 is 18.8. The number of benzene rings is 1. The Bertz CT molecular complexity index is 714. The summed E-state index contributed by atoms with van der Waals surface area (Å²) >= 11 is 0. The maximum Gasteiger partial charge on any atom is 0.410 e. The third kappa shape index (κ3) is 4.26. The van der Waals surface area contributed by atoms with Gasteiger partial charge in [-0.05, 0) is 44.9 Å². The Kier molecular flexibility index (Phi) is 5.07.